The summed E-state index contributed by atoms with van der Waals surface area (Å²) in [5, 5.41) is 0. The zero-order valence-electron chi connectivity index (χ0n) is 6.89. The van der Waals surface area contributed by atoms with Gasteiger partial charge in [-0.2, -0.15) is 0 Å². The number of hydrogen-bond donors (Lipinski definition) is 0. The number of hydrogen-bond acceptors (Lipinski definition) is 0. The smallest absolute Gasteiger partial charge is 0.0212 e. The summed E-state index contributed by atoms with van der Waals surface area (Å²) in [5.41, 5.74) is 1.33. The highest BCUT2D eigenvalue weighted by Gasteiger charge is 2.01. The van der Waals surface area contributed by atoms with Crippen LogP contribution in [0, 0.1) is 9.64 Å². The molecule has 11 heavy (non-hydrogen) atoms. The van der Waals surface area contributed by atoms with E-state index in [1.165, 1.54) is 15.6 Å². The molecule has 0 spiro atoms. The van der Waals surface area contributed by atoms with Gasteiger partial charge in [0.25, 0.3) is 0 Å². The molecule has 0 saturated carbocycles. The van der Waals surface area contributed by atoms with E-state index in [2.05, 4.69) is 60.7 Å². The predicted molar refractivity (Wildman–Crippen MR) is 56.7 cm³/mol. The zero-order valence-corrected chi connectivity index (χ0v) is 9.05. The Labute approximate surface area is 82.2 Å². The average molecular weight is 259 g/mol. The second-order valence-corrected chi connectivity index (χ2v) is 3.93. The van der Waals surface area contributed by atoms with E-state index in [4.69, 9.17) is 0 Å². The first-order valence-corrected chi connectivity index (χ1v) is 4.99. The molecule has 0 aliphatic carbocycles. The van der Waals surface area contributed by atoms with E-state index >= 15 is 0 Å². The molecule has 59 valence electrons. The first-order chi connectivity index (χ1) is 5.24. The summed E-state index contributed by atoms with van der Waals surface area (Å²) >= 11 is 2.30. The van der Waals surface area contributed by atoms with Crippen molar-refractivity contribution in [2.75, 3.05) is 0 Å². The second kappa shape index (κ2) is 4.10. The Balaban J connectivity index is 2.86. The molecule has 1 atom stereocenters. The lowest BCUT2D eigenvalue weighted by molar-refractivity contribution is 0.732. The Hall–Kier alpha value is -0.0500. The summed E-state index contributed by atoms with van der Waals surface area (Å²) in [6, 6.07) is 9.67. The first kappa shape index (κ1) is 9.04. The Morgan fingerprint density at radius 2 is 2.27 bits per heavy atom. The van der Waals surface area contributed by atoms with Gasteiger partial charge < -0.3 is 0 Å². The third-order valence-electron chi connectivity index (χ3n) is 1.93. The van der Waals surface area contributed by atoms with Crippen molar-refractivity contribution in [3.63, 3.8) is 0 Å². The van der Waals surface area contributed by atoms with Crippen molar-refractivity contribution in [3.8, 4) is 0 Å². The highest BCUT2D eigenvalue weighted by molar-refractivity contribution is 14.1. The molecule has 1 aromatic carbocycles. The van der Waals surface area contributed by atoms with E-state index in [9.17, 15) is 0 Å². The van der Waals surface area contributed by atoms with Crippen LogP contribution in [0.3, 0.4) is 0 Å². The summed E-state index contributed by atoms with van der Waals surface area (Å²) in [4.78, 5) is 0. The van der Waals surface area contributed by atoms with E-state index in [1.807, 2.05) is 0 Å². The van der Waals surface area contributed by atoms with Crippen molar-refractivity contribution in [1.29, 1.82) is 0 Å². The number of benzene rings is 1. The van der Waals surface area contributed by atoms with Crippen LogP contribution in [0.15, 0.2) is 18.2 Å². The molecule has 1 rings (SSSR count). The Morgan fingerprint density at radius 3 is 2.82 bits per heavy atom. The fraction of sp³-hybridized carbons (Fsp3) is 0.400. The lowest BCUT2D eigenvalue weighted by Crippen LogP contribution is -1.91. The van der Waals surface area contributed by atoms with Crippen LogP contribution >= 0.6 is 22.6 Å². The van der Waals surface area contributed by atoms with E-state index < -0.39 is 0 Å². The van der Waals surface area contributed by atoms with Gasteiger partial charge >= 0.3 is 0 Å². The maximum absolute atomic E-state index is 3.34. The van der Waals surface area contributed by atoms with Crippen molar-refractivity contribution in [2.24, 2.45) is 0 Å². The van der Waals surface area contributed by atoms with Crippen LogP contribution in [0.2, 0.25) is 0 Å². The van der Waals surface area contributed by atoms with Crippen molar-refractivity contribution in [2.45, 2.75) is 26.2 Å². The molecule has 0 heterocycles. The van der Waals surface area contributed by atoms with E-state index in [0.717, 1.165) is 0 Å². The molecule has 0 bridgehead atoms. The minimum Gasteiger partial charge on any atom is -0.0648 e. The van der Waals surface area contributed by atoms with Gasteiger partial charge in [-0.15, -0.1) is 0 Å². The van der Waals surface area contributed by atoms with Gasteiger partial charge in [-0.3, -0.25) is 0 Å². The fourth-order valence-corrected chi connectivity index (χ4v) is 1.48. The van der Waals surface area contributed by atoms with Gasteiger partial charge in [0.1, 0.15) is 0 Å². The van der Waals surface area contributed by atoms with Crippen LogP contribution in [0.4, 0.5) is 0 Å². The van der Waals surface area contributed by atoms with Gasteiger partial charge in [0, 0.05) is 3.57 Å². The molecule has 0 aliphatic rings. The molecular weight excluding hydrogens is 247 g/mol. The monoisotopic (exact) mass is 259 g/mol. The Morgan fingerprint density at radius 1 is 1.55 bits per heavy atom. The Kier molecular flexibility index (Phi) is 3.37. The second-order valence-electron chi connectivity index (χ2n) is 2.76. The molecule has 1 unspecified atom stereocenters. The van der Waals surface area contributed by atoms with Crippen LogP contribution in [-0.4, -0.2) is 0 Å². The topological polar surface area (TPSA) is 0 Å². The third-order valence-corrected chi connectivity index (χ3v) is 2.55. The van der Waals surface area contributed by atoms with Crippen LogP contribution < -0.4 is 0 Å². The molecule has 1 heteroatoms. The van der Waals surface area contributed by atoms with Gasteiger partial charge in [-0.05, 0) is 52.6 Å². The van der Waals surface area contributed by atoms with Gasteiger partial charge in [-0.25, -0.2) is 0 Å². The molecule has 1 radical (unpaired) electrons. The quantitative estimate of drug-likeness (QED) is 0.712. The van der Waals surface area contributed by atoms with Crippen molar-refractivity contribution < 1.29 is 0 Å². The normalized spacial score (nSPS) is 13.0. The summed E-state index contributed by atoms with van der Waals surface area (Å²) in [5.74, 6) is 0.643. The first-order valence-electron chi connectivity index (χ1n) is 3.91. The summed E-state index contributed by atoms with van der Waals surface area (Å²) in [7, 11) is 0. The lowest BCUT2D eigenvalue weighted by Gasteiger charge is -2.07. The van der Waals surface area contributed by atoms with Crippen LogP contribution in [0.1, 0.15) is 31.7 Å². The zero-order chi connectivity index (χ0) is 8.27. The van der Waals surface area contributed by atoms with Crippen molar-refractivity contribution in [1.82, 2.24) is 0 Å². The predicted octanol–water partition coefficient (Wildman–Crippen LogP) is 3.60. The molecule has 0 aromatic heterocycles. The standard InChI is InChI=1S/C10H12I/c1-3-8(2)9-5-4-6-10(11)7-9/h4-6,8H,3H2,1-2H3. The summed E-state index contributed by atoms with van der Waals surface area (Å²) < 4.78 is 1.21. The van der Waals surface area contributed by atoms with E-state index in [0.29, 0.717) is 5.92 Å². The van der Waals surface area contributed by atoms with Gasteiger partial charge in [0.15, 0.2) is 0 Å². The molecule has 0 nitrogen and oxygen atoms in total. The molecule has 0 N–H and O–H groups in total. The van der Waals surface area contributed by atoms with Gasteiger partial charge in [0.2, 0.25) is 0 Å². The SMILES string of the molecule is CCC(C)c1[c]c(I)ccc1. The third kappa shape index (κ3) is 2.47. The maximum Gasteiger partial charge on any atom is 0.0212 e. The highest BCUT2D eigenvalue weighted by Crippen LogP contribution is 2.19. The number of rotatable bonds is 2. The lowest BCUT2D eigenvalue weighted by atomic mass is 9.99. The average Bonchev–Trinajstić information content (AvgIpc) is 2.03. The maximum atomic E-state index is 3.34. The molecular formula is C10H12I. The minimum absolute atomic E-state index is 0.643. The molecule has 0 fully saturated rings. The fourth-order valence-electron chi connectivity index (χ4n) is 0.965. The largest absolute Gasteiger partial charge is 0.0648 e. The molecule has 0 amide bonds. The van der Waals surface area contributed by atoms with E-state index in [-0.39, 0.29) is 0 Å². The molecule has 1 aromatic rings. The Bertz CT molecular complexity index is 230. The van der Waals surface area contributed by atoms with Crippen LogP contribution in [0.5, 0.6) is 0 Å². The van der Waals surface area contributed by atoms with Gasteiger partial charge in [0.05, 0.1) is 0 Å². The summed E-state index contributed by atoms with van der Waals surface area (Å²) in [6.45, 7) is 4.44. The van der Waals surface area contributed by atoms with Crippen LogP contribution in [0.25, 0.3) is 0 Å². The van der Waals surface area contributed by atoms with E-state index in [1.54, 1.807) is 0 Å². The van der Waals surface area contributed by atoms with Gasteiger partial charge in [-0.1, -0.05) is 26.0 Å². The summed E-state index contributed by atoms with van der Waals surface area (Å²) in [6.07, 6.45) is 1.19. The van der Waals surface area contributed by atoms with Crippen LogP contribution in [-0.2, 0) is 0 Å². The molecule has 0 saturated heterocycles. The minimum atomic E-state index is 0.643. The van der Waals surface area contributed by atoms with Crippen molar-refractivity contribution in [3.05, 3.63) is 33.4 Å². The molecule has 0 aliphatic heterocycles. The number of halogens is 1. The highest BCUT2D eigenvalue weighted by atomic mass is 127. The van der Waals surface area contributed by atoms with Crippen molar-refractivity contribution >= 4 is 22.6 Å².